The lowest BCUT2D eigenvalue weighted by molar-refractivity contribution is 0.0696. The van der Waals surface area contributed by atoms with Crippen molar-refractivity contribution in [2.45, 2.75) is 18.7 Å². The van der Waals surface area contributed by atoms with Crippen molar-refractivity contribution < 1.29 is 18.3 Å². The fraction of sp³-hybridized carbons (Fsp3) is 0.300. The summed E-state index contributed by atoms with van der Waals surface area (Å²) in [5.74, 6) is -1.15. The third-order valence-electron chi connectivity index (χ3n) is 4.97. The molecule has 146 valence electrons. The van der Waals surface area contributed by atoms with E-state index in [-0.39, 0.29) is 23.5 Å². The summed E-state index contributed by atoms with van der Waals surface area (Å²) in [6, 6.07) is 12.2. The van der Waals surface area contributed by atoms with Gasteiger partial charge < -0.3 is 10.0 Å². The third kappa shape index (κ3) is 3.59. The zero-order chi connectivity index (χ0) is 20.5. The maximum Gasteiger partial charge on any atom is 0.335 e. The van der Waals surface area contributed by atoms with E-state index in [1.54, 1.807) is 32.0 Å². The molecule has 7 nitrogen and oxygen atoms in total. The minimum Gasteiger partial charge on any atom is -0.478 e. The number of carbonyl (C=O) groups is 1. The van der Waals surface area contributed by atoms with Crippen LogP contribution in [0.3, 0.4) is 0 Å². The molecular formula is C20H21N3O4S. The first-order chi connectivity index (χ1) is 13.3. The molecule has 0 aromatic heterocycles. The Balaban J connectivity index is 1.85. The first-order valence-corrected chi connectivity index (χ1v) is 10.3. The maximum absolute atomic E-state index is 13.1. The molecule has 0 atom stereocenters. The summed E-state index contributed by atoms with van der Waals surface area (Å²) < 4.78 is 27.6. The quantitative estimate of drug-likeness (QED) is 0.847. The lowest BCUT2D eigenvalue weighted by Gasteiger charge is -2.36. The van der Waals surface area contributed by atoms with Gasteiger partial charge in [-0.25, -0.2) is 13.2 Å². The number of sulfonamides is 1. The monoisotopic (exact) mass is 399 g/mol. The number of hydrogen-bond acceptors (Lipinski definition) is 5. The van der Waals surface area contributed by atoms with E-state index < -0.39 is 16.0 Å². The predicted molar refractivity (Wildman–Crippen MR) is 105 cm³/mol. The van der Waals surface area contributed by atoms with Gasteiger partial charge in [-0.15, -0.1) is 0 Å². The first kappa shape index (κ1) is 19.9. The molecule has 0 spiro atoms. The van der Waals surface area contributed by atoms with E-state index in [0.717, 1.165) is 5.69 Å². The van der Waals surface area contributed by atoms with Gasteiger partial charge in [0, 0.05) is 26.2 Å². The van der Waals surface area contributed by atoms with Gasteiger partial charge in [0.2, 0.25) is 10.0 Å². The number of benzene rings is 2. The van der Waals surface area contributed by atoms with Crippen molar-refractivity contribution in [3.05, 3.63) is 58.7 Å². The number of para-hydroxylation sites is 1. The van der Waals surface area contributed by atoms with E-state index in [1.807, 2.05) is 17.0 Å². The van der Waals surface area contributed by atoms with Crippen LogP contribution in [0.15, 0.2) is 41.3 Å². The molecule has 1 aliphatic rings. The van der Waals surface area contributed by atoms with Crippen molar-refractivity contribution in [2.24, 2.45) is 0 Å². The minimum absolute atomic E-state index is 0.00856. The van der Waals surface area contributed by atoms with Gasteiger partial charge in [0.25, 0.3) is 0 Å². The van der Waals surface area contributed by atoms with Gasteiger partial charge in [0.05, 0.1) is 21.7 Å². The maximum atomic E-state index is 13.1. The predicted octanol–water partition coefficient (Wildman–Crippen LogP) is 2.38. The molecule has 8 heteroatoms. The summed E-state index contributed by atoms with van der Waals surface area (Å²) >= 11 is 0. The summed E-state index contributed by atoms with van der Waals surface area (Å²) in [5.41, 5.74) is 2.40. The smallest absolute Gasteiger partial charge is 0.335 e. The zero-order valence-electron chi connectivity index (χ0n) is 15.7. The molecule has 1 N–H and O–H groups in total. The van der Waals surface area contributed by atoms with Crippen LogP contribution in [-0.2, 0) is 10.0 Å². The number of aromatic carboxylic acids is 1. The van der Waals surface area contributed by atoms with Gasteiger partial charge >= 0.3 is 5.97 Å². The Kier molecular flexibility index (Phi) is 5.40. The Labute approximate surface area is 164 Å². The van der Waals surface area contributed by atoms with E-state index in [9.17, 15) is 23.6 Å². The summed E-state index contributed by atoms with van der Waals surface area (Å²) in [7, 11) is -3.81. The van der Waals surface area contributed by atoms with Crippen molar-refractivity contribution in [3.63, 3.8) is 0 Å². The van der Waals surface area contributed by atoms with Gasteiger partial charge in [0.1, 0.15) is 6.07 Å². The zero-order valence-corrected chi connectivity index (χ0v) is 16.5. The lowest BCUT2D eigenvalue weighted by atomic mass is 10.1. The molecule has 0 amide bonds. The number of aryl methyl sites for hydroxylation is 2. The highest BCUT2D eigenvalue weighted by Crippen LogP contribution is 2.27. The number of carboxylic acid groups (broad SMARTS) is 1. The molecule has 28 heavy (non-hydrogen) atoms. The number of anilines is 1. The molecule has 2 aromatic carbocycles. The van der Waals surface area contributed by atoms with E-state index in [1.165, 1.54) is 10.4 Å². The van der Waals surface area contributed by atoms with Crippen molar-refractivity contribution in [1.29, 1.82) is 5.26 Å². The van der Waals surface area contributed by atoms with Crippen LogP contribution in [-0.4, -0.2) is 50.0 Å². The number of nitriles is 1. The van der Waals surface area contributed by atoms with Crippen LogP contribution in [0.5, 0.6) is 0 Å². The molecular weight excluding hydrogens is 378 g/mol. The van der Waals surface area contributed by atoms with E-state index >= 15 is 0 Å². The second-order valence-electron chi connectivity index (χ2n) is 6.76. The minimum atomic E-state index is -3.81. The number of rotatable bonds is 4. The second-order valence-corrected chi connectivity index (χ2v) is 8.66. The van der Waals surface area contributed by atoms with Crippen LogP contribution >= 0.6 is 0 Å². The van der Waals surface area contributed by atoms with Gasteiger partial charge in [-0.3, -0.25) is 0 Å². The van der Waals surface area contributed by atoms with Crippen LogP contribution in [0.1, 0.15) is 27.0 Å². The summed E-state index contributed by atoms with van der Waals surface area (Å²) in [6.07, 6.45) is 0. The topological polar surface area (TPSA) is 102 Å². The SMILES string of the molecule is Cc1cc(C)c(S(=O)(=O)N2CCN(c3ccccc3C#N)CC2)cc1C(=O)O. The number of hydrogen-bond donors (Lipinski definition) is 1. The number of nitrogens with zero attached hydrogens (tertiary/aromatic N) is 3. The molecule has 0 saturated carbocycles. The van der Waals surface area contributed by atoms with Crippen LogP contribution < -0.4 is 4.90 Å². The fourth-order valence-electron chi connectivity index (χ4n) is 3.49. The van der Waals surface area contributed by atoms with Crippen LogP contribution in [0.2, 0.25) is 0 Å². The average Bonchev–Trinajstić information content (AvgIpc) is 2.67. The Bertz CT molecular complexity index is 1070. The highest BCUT2D eigenvalue weighted by molar-refractivity contribution is 7.89. The molecule has 0 radical (unpaired) electrons. The summed E-state index contributed by atoms with van der Waals surface area (Å²) in [4.78, 5) is 13.4. The lowest BCUT2D eigenvalue weighted by Crippen LogP contribution is -2.49. The van der Waals surface area contributed by atoms with Gasteiger partial charge in [0.15, 0.2) is 0 Å². The normalized spacial score (nSPS) is 15.2. The molecule has 1 heterocycles. The van der Waals surface area contributed by atoms with Crippen molar-refractivity contribution in [3.8, 4) is 6.07 Å². The Morgan fingerprint density at radius 2 is 1.71 bits per heavy atom. The van der Waals surface area contributed by atoms with Crippen molar-refractivity contribution in [1.82, 2.24) is 4.31 Å². The van der Waals surface area contributed by atoms with Crippen molar-refractivity contribution >= 4 is 21.7 Å². The highest BCUT2D eigenvalue weighted by atomic mass is 32.2. The molecule has 0 unspecified atom stereocenters. The largest absolute Gasteiger partial charge is 0.478 e. The molecule has 1 fully saturated rings. The Morgan fingerprint density at radius 1 is 1.07 bits per heavy atom. The van der Waals surface area contributed by atoms with Crippen molar-refractivity contribution in [2.75, 3.05) is 31.1 Å². The van der Waals surface area contributed by atoms with E-state index in [2.05, 4.69) is 6.07 Å². The fourth-order valence-corrected chi connectivity index (χ4v) is 5.15. The average molecular weight is 399 g/mol. The van der Waals surface area contributed by atoms with E-state index in [4.69, 9.17) is 0 Å². The summed E-state index contributed by atoms with van der Waals surface area (Å²) in [6.45, 7) is 4.75. The van der Waals surface area contributed by atoms with E-state index in [0.29, 0.717) is 29.8 Å². The molecule has 3 rings (SSSR count). The molecule has 0 bridgehead atoms. The standard InChI is InChI=1S/C20H21N3O4S/c1-14-11-15(2)19(12-17(14)20(24)25)28(26,27)23-9-7-22(8-10-23)18-6-4-3-5-16(18)13-21/h3-6,11-12H,7-10H2,1-2H3,(H,24,25). The highest BCUT2D eigenvalue weighted by Gasteiger charge is 2.31. The first-order valence-electron chi connectivity index (χ1n) is 8.84. The van der Waals surface area contributed by atoms with Gasteiger partial charge in [-0.05, 0) is 43.2 Å². The molecule has 2 aromatic rings. The molecule has 1 aliphatic heterocycles. The molecule has 1 saturated heterocycles. The Morgan fingerprint density at radius 3 is 2.32 bits per heavy atom. The number of piperazine rings is 1. The summed E-state index contributed by atoms with van der Waals surface area (Å²) in [5, 5.41) is 18.6. The van der Waals surface area contributed by atoms with Crippen LogP contribution in [0, 0.1) is 25.2 Å². The van der Waals surface area contributed by atoms with Gasteiger partial charge in [-0.2, -0.15) is 9.57 Å². The Hall–Kier alpha value is -2.89. The van der Waals surface area contributed by atoms with Crippen LogP contribution in [0.25, 0.3) is 0 Å². The number of carboxylic acids is 1. The molecule has 0 aliphatic carbocycles. The van der Waals surface area contributed by atoms with Gasteiger partial charge in [-0.1, -0.05) is 18.2 Å². The van der Waals surface area contributed by atoms with Crippen LogP contribution in [0.4, 0.5) is 5.69 Å². The third-order valence-corrected chi connectivity index (χ3v) is 7.01. The second kappa shape index (κ2) is 7.62.